The van der Waals surface area contributed by atoms with Crippen molar-refractivity contribution in [3.8, 4) is 0 Å². The van der Waals surface area contributed by atoms with Gasteiger partial charge in [-0.2, -0.15) is 0 Å². The Morgan fingerprint density at radius 3 is 0.667 bits per heavy atom. The molecule has 0 atom stereocenters. The first-order chi connectivity index (χ1) is 0. The summed E-state index contributed by atoms with van der Waals surface area (Å²) in [6, 6.07) is 0. The number of hydrogen-bond donors (Lipinski definition) is 0. The molecule has 6 heteroatoms. The van der Waals surface area contributed by atoms with Crippen LogP contribution < -0.4 is 18.9 Å². The van der Waals surface area contributed by atoms with Crippen molar-refractivity contribution < 1.29 is 69.7 Å². The van der Waals surface area contributed by atoms with E-state index >= 15 is 0 Å². The predicted octanol–water partition coefficient (Wildman–Crippen LogP) is -3.36. The third kappa shape index (κ3) is 48.5. The third-order valence-corrected chi connectivity index (χ3v) is 0. The van der Waals surface area contributed by atoms with Crippen molar-refractivity contribution in [2.24, 2.45) is 0 Å². The summed E-state index contributed by atoms with van der Waals surface area (Å²) in [7, 11) is 0. The monoisotopic (exact) mass is 162 g/mol. The minimum Gasteiger partial charge on any atom is -2.00 e. The van der Waals surface area contributed by atoms with Crippen LogP contribution >= 0.6 is 0 Å². The van der Waals surface area contributed by atoms with Gasteiger partial charge in [0.25, 0.3) is 0 Å². The van der Waals surface area contributed by atoms with Gasteiger partial charge in [-0.05, 0) is 0 Å². The van der Waals surface area contributed by atoms with Crippen LogP contribution in [0.15, 0.2) is 0 Å². The van der Waals surface area contributed by atoms with Crippen molar-refractivity contribution >= 4 is 0 Å². The van der Waals surface area contributed by atoms with Gasteiger partial charge in [0.1, 0.15) is 0 Å². The van der Waals surface area contributed by atoms with Gasteiger partial charge < -0.3 is 16.4 Å². The topological polar surface area (TPSA) is 85.5 Å². The largest absolute Gasteiger partial charge is 3.00 e. The molecule has 0 aliphatic heterocycles. The molecule has 0 saturated carbocycles. The first-order valence-electron chi connectivity index (χ1n) is 0. The third-order valence-electron chi connectivity index (χ3n) is 0. The Kier molecular flexibility index (Phi) is 1950. The van der Waals surface area contributed by atoms with Gasteiger partial charge in [0.15, 0.2) is 0 Å². The minimum atomic E-state index is 0. The van der Waals surface area contributed by atoms with E-state index in [4.69, 9.17) is 0 Å². The van der Waals surface area contributed by atoms with Crippen LogP contribution in [0, 0.1) is 0 Å². The molecule has 0 aromatic rings. The fourth-order valence-electron chi connectivity index (χ4n) is 0. The second kappa shape index (κ2) is 85.4. The first kappa shape index (κ1) is 137. The molecule has 0 spiro atoms. The van der Waals surface area contributed by atoms with Gasteiger partial charge in [-0.25, -0.2) is 0 Å². The molecule has 0 saturated heterocycles. The molecule has 0 rings (SSSR count). The molecule has 3 nitrogen and oxygen atoms in total. The summed E-state index contributed by atoms with van der Waals surface area (Å²) >= 11 is 0. The van der Waals surface area contributed by atoms with Crippen molar-refractivity contribution in [1.29, 1.82) is 0 Å². The van der Waals surface area contributed by atoms with Crippen LogP contribution in [0.1, 0.15) is 0 Å². The minimum absolute atomic E-state index is 0. The summed E-state index contributed by atoms with van der Waals surface area (Å²) in [4.78, 5) is 0. The van der Waals surface area contributed by atoms with Gasteiger partial charge in [0.2, 0.25) is 0 Å². The second-order valence-electron chi connectivity index (χ2n) is 0. The van der Waals surface area contributed by atoms with Gasteiger partial charge >= 0.3 is 53.3 Å². The summed E-state index contributed by atoms with van der Waals surface area (Å²) in [5.41, 5.74) is 0. The Bertz CT molecular complexity index is 10.8. The Hall–Kier alpha value is 1.53. The van der Waals surface area contributed by atoms with Crippen LogP contribution in [-0.2, 0) is 50.9 Å². The Morgan fingerprint density at radius 1 is 0.667 bits per heavy atom. The van der Waals surface area contributed by atoms with Crippen molar-refractivity contribution in [3.05, 3.63) is 0 Å². The molecule has 0 amide bonds. The molecule has 6 heavy (non-hydrogen) atoms. The van der Waals surface area contributed by atoms with E-state index in [0.717, 1.165) is 0 Å². The van der Waals surface area contributed by atoms with E-state index in [0.29, 0.717) is 0 Å². The van der Waals surface area contributed by atoms with E-state index in [1.807, 2.05) is 0 Å². The molecule has 0 heterocycles. The molecule has 0 aromatic heterocycles. The van der Waals surface area contributed by atoms with Crippen LogP contribution in [0.3, 0.4) is 0 Å². The summed E-state index contributed by atoms with van der Waals surface area (Å²) in [6.45, 7) is 0. The van der Waals surface area contributed by atoms with Gasteiger partial charge in [-0.1, -0.05) is 0 Å². The Labute approximate surface area is 69.6 Å². The molecule has 0 aromatic carbocycles. The average molecular weight is 162 g/mol. The van der Waals surface area contributed by atoms with Gasteiger partial charge in [0, 0.05) is 0 Å². The van der Waals surface area contributed by atoms with Crippen molar-refractivity contribution in [3.63, 3.8) is 0 Å². The van der Waals surface area contributed by atoms with Gasteiger partial charge in [0.05, 0.1) is 0 Å². The zero-order valence-electron chi connectivity index (χ0n) is 3.01. The molecule has 0 fully saturated rings. The van der Waals surface area contributed by atoms with E-state index < -0.39 is 0 Å². The summed E-state index contributed by atoms with van der Waals surface area (Å²) in [5.74, 6) is 0. The van der Waals surface area contributed by atoms with Crippen LogP contribution in [0.4, 0.5) is 0 Å². The molecule has 2 radical (unpaired) electrons. The van der Waals surface area contributed by atoms with Crippen molar-refractivity contribution in [2.45, 2.75) is 0 Å². The summed E-state index contributed by atoms with van der Waals surface area (Å²) < 4.78 is 0. The second-order valence-corrected chi connectivity index (χ2v) is 0. The SMILES string of the molecule is [Cr+3].[Li+].[Mn+2].[O-2].[O-2].[O-2]. The van der Waals surface area contributed by atoms with Crippen LogP contribution in [0.25, 0.3) is 0 Å². The maximum atomic E-state index is 0. The quantitative estimate of drug-likeness (QED) is 0.333. The Morgan fingerprint density at radius 2 is 0.667 bits per heavy atom. The fourth-order valence-corrected chi connectivity index (χ4v) is 0. The molecule has 0 unspecified atom stereocenters. The smallest absolute Gasteiger partial charge is 2.00 e. The van der Waals surface area contributed by atoms with Crippen LogP contribution in [0.5, 0.6) is 0 Å². The average Bonchev–Trinajstić information content (AvgIpc) is 0. The summed E-state index contributed by atoms with van der Waals surface area (Å²) in [5, 5.41) is 0. The van der Waals surface area contributed by atoms with E-state index in [9.17, 15) is 0 Å². The van der Waals surface area contributed by atoms with E-state index in [1.54, 1.807) is 0 Å². The molecule has 32 valence electrons. The zero-order valence-corrected chi connectivity index (χ0v) is 5.47. The summed E-state index contributed by atoms with van der Waals surface area (Å²) in [6.07, 6.45) is 0. The molecular formula is CrLiMnO3. The molecule has 0 N–H and O–H groups in total. The zero-order chi connectivity index (χ0) is 0. The van der Waals surface area contributed by atoms with Gasteiger partial charge in [-0.3, -0.25) is 0 Å². The van der Waals surface area contributed by atoms with E-state index in [1.165, 1.54) is 0 Å². The van der Waals surface area contributed by atoms with Crippen molar-refractivity contribution in [1.82, 2.24) is 0 Å². The predicted molar refractivity (Wildman–Crippen MR) is 2.06 cm³/mol. The fraction of sp³-hybridized carbons (Fsp3) is 0. The maximum Gasteiger partial charge on any atom is 3.00 e. The van der Waals surface area contributed by atoms with Gasteiger partial charge in [-0.15, -0.1) is 0 Å². The van der Waals surface area contributed by atoms with E-state index in [-0.39, 0.29) is 69.7 Å². The van der Waals surface area contributed by atoms with Crippen LogP contribution in [-0.4, -0.2) is 0 Å². The maximum absolute atomic E-state index is 0. The molecule has 0 aliphatic rings. The first-order valence-corrected chi connectivity index (χ1v) is 0. The molecule has 0 aliphatic carbocycles. The van der Waals surface area contributed by atoms with E-state index in [2.05, 4.69) is 0 Å². The molecular weight excluding hydrogens is 162 g/mol. The number of rotatable bonds is 0. The molecule has 0 bridgehead atoms. The van der Waals surface area contributed by atoms with Crippen LogP contribution in [0.2, 0.25) is 0 Å². The standard InChI is InChI=1S/Cr.Li.Mn.3O/q+3;+1;+2;3*-2. The Balaban J connectivity index is 0. The number of hydrogen-bond acceptors (Lipinski definition) is 0. The van der Waals surface area contributed by atoms with Crippen molar-refractivity contribution in [2.75, 3.05) is 0 Å². The normalized spacial score (nSPS) is 0.